The summed E-state index contributed by atoms with van der Waals surface area (Å²) in [4.78, 5) is 16.4. The van der Waals surface area contributed by atoms with Gasteiger partial charge < -0.3 is 4.74 Å². The summed E-state index contributed by atoms with van der Waals surface area (Å²) in [7, 11) is -3.86. The van der Waals surface area contributed by atoms with E-state index in [2.05, 4.69) is 24.7 Å². The van der Waals surface area contributed by atoms with Crippen LogP contribution < -0.4 is 9.46 Å². The zero-order valence-corrected chi connectivity index (χ0v) is 15.8. The van der Waals surface area contributed by atoms with Gasteiger partial charge in [-0.05, 0) is 12.1 Å². The van der Waals surface area contributed by atoms with Crippen molar-refractivity contribution in [2.24, 2.45) is 0 Å². The van der Waals surface area contributed by atoms with E-state index in [9.17, 15) is 8.42 Å². The number of ether oxygens (including phenoxy) is 1. The van der Waals surface area contributed by atoms with Gasteiger partial charge in [-0.3, -0.25) is 0 Å². The molecule has 9 heteroatoms. The second kappa shape index (κ2) is 8.03. The summed E-state index contributed by atoms with van der Waals surface area (Å²) in [5.74, 6) is 0.406. The Balaban J connectivity index is 1.73. The number of nitrogens with one attached hydrogen (secondary N) is 1. The van der Waals surface area contributed by atoms with E-state index in [1.54, 1.807) is 24.3 Å². The summed E-state index contributed by atoms with van der Waals surface area (Å²) in [5.41, 5.74) is 1.28. The van der Waals surface area contributed by atoms with Crippen molar-refractivity contribution in [3.05, 3.63) is 85.5 Å². The fourth-order valence-electron chi connectivity index (χ4n) is 2.52. The molecule has 0 saturated carbocycles. The van der Waals surface area contributed by atoms with Gasteiger partial charge in [0.15, 0.2) is 5.75 Å². The van der Waals surface area contributed by atoms with Crippen molar-refractivity contribution >= 4 is 16.0 Å². The SMILES string of the molecule is O=S(=O)(Nc1nc(Oc2cncnc2)cc(-c2ccccc2)n1)c1ccccc1. The molecule has 0 aliphatic heterocycles. The van der Waals surface area contributed by atoms with Crippen LogP contribution in [0.1, 0.15) is 0 Å². The van der Waals surface area contributed by atoms with Gasteiger partial charge in [0, 0.05) is 11.6 Å². The van der Waals surface area contributed by atoms with Crippen molar-refractivity contribution in [2.75, 3.05) is 4.72 Å². The van der Waals surface area contributed by atoms with Crippen LogP contribution in [0.15, 0.2) is 90.3 Å². The average molecular weight is 405 g/mol. The third-order valence-electron chi connectivity index (χ3n) is 3.81. The topological polar surface area (TPSA) is 107 Å². The lowest BCUT2D eigenvalue weighted by atomic mass is 10.1. The molecule has 0 fully saturated rings. The minimum Gasteiger partial charge on any atom is -0.436 e. The van der Waals surface area contributed by atoms with Crippen molar-refractivity contribution in [2.45, 2.75) is 4.90 Å². The van der Waals surface area contributed by atoms with Crippen molar-refractivity contribution in [3.8, 4) is 22.9 Å². The molecule has 4 aromatic rings. The van der Waals surface area contributed by atoms with Gasteiger partial charge in [-0.2, -0.15) is 4.98 Å². The molecule has 0 atom stereocenters. The Hall–Kier alpha value is -3.85. The van der Waals surface area contributed by atoms with E-state index in [-0.39, 0.29) is 16.7 Å². The molecule has 8 nitrogen and oxygen atoms in total. The molecule has 0 unspecified atom stereocenters. The monoisotopic (exact) mass is 405 g/mol. The van der Waals surface area contributed by atoms with Crippen molar-refractivity contribution in [1.29, 1.82) is 0 Å². The maximum absolute atomic E-state index is 12.7. The molecule has 2 heterocycles. The zero-order valence-electron chi connectivity index (χ0n) is 15.0. The van der Waals surface area contributed by atoms with Gasteiger partial charge in [-0.25, -0.2) is 28.1 Å². The second-order valence-electron chi connectivity index (χ2n) is 5.88. The highest BCUT2D eigenvalue weighted by molar-refractivity contribution is 7.92. The lowest BCUT2D eigenvalue weighted by molar-refractivity contribution is 0.458. The van der Waals surface area contributed by atoms with Gasteiger partial charge in [0.05, 0.1) is 23.0 Å². The first-order valence-corrected chi connectivity index (χ1v) is 10.0. The summed E-state index contributed by atoms with van der Waals surface area (Å²) in [6.45, 7) is 0. The molecular weight excluding hydrogens is 390 g/mol. The molecule has 0 amide bonds. The highest BCUT2D eigenvalue weighted by Gasteiger charge is 2.17. The van der Waals surface area contributed by atoms with Crippen LogP contribution in [0.25, 0.3) is 11.3 Å². The molecule has 2 aromatic carbocycles. The van der Waals surface area contributed by atoms with E-state index in [0.717, 1.165) is 5.56 Å². The Labute approximate surface area is 167 Å². The molecule has 0 saturated heterocycles. The Morgan fingerprint density at radius 2 is 1.48 bits per heavy atom. The van der Waals surface area contributed by atoms with E-state index < -0.39 is 10.0 Å². The Morgan fingerprint density at radius 3 is 2.17 bits per heavy atom. The molecule has 0 bridgehead atoms. The molecule has 0 spiro atoms. The Morgan fingerprint density at radius 1 is 0.828 bits per heavy atom. The third-order valence-corrected chi connectivity index (χ3v) is 5.15. The maximum atomic E-state index is 12.7. The lowest BCUT2D eigenvalue weighted by Gasteiger charge is -2.11. The second-order valence-corrected chi connectivity index (χ2v) is 7.56. The number of sulfonamides is 1. The van der Waals surface area contributed by atoms with Gasteiger partial charge in [-0.15, -0.1) is 0 Å². The number of anilines is 1. The summed E-state index contributed by atoms with van der Waals surface area (Å²) >= 11 is 0. The Bertz CT molecular complexity index is 1200. The summed E-state index contributed by atoms with van der Waals surface area (Å²) in [6.07, 6.45) is 4.33. The number of aromatic nitrogens is 4. The largest absolute Gasteiger partial charge is 0.436 e. The number of rotatable bonds is 6. The highest BCUT2D eigenvalue weighted by atomic mass is 32.2. The highest BCUT2D eigenvalue weighted by Crippen LogP contribution is 2.26. The van der Waals surface area contributed by atoms with Crippen LogP contribution in [0.5, 0.6) is 11.6 Å². The minimum atomic E-state index is -3.86. The molecule has 1 N–H and O–H groups in total. The van der Waals surface area contributed by atoms with Gasteiger partial charge in [0.1, 0.15) is 6.33 Å². The van der Waals surface area contributed by atoms with Crippen LogP contribution in [0.2, 0.25) is 0 Å². The first-order valence-electron chi connectivity index (χ1n) is 8.55. The molecule has 144 valence electrons. The van der Waals surface area contributed by atoms with Gasteiger partial charge in [0.2, 0.25) is 11.8 Å². The fourth-order valence-corrected chi connectivity index (χ4v) is 3.48. The van der Waals surface area contributed by atoms with Crippen LogP contribution in [-0.2, 0) is 10.0 Å². The van der Waals surface area contributed by atoms with Crippen molar-refractivity contribution in [1.82, 2.24) is 19.9 Å². The number of benzene rings is 2. The molecule has 0 aliphatic carbocycles. The molecular formula is C20H15N5O3S. The summed E-state index contributed by atoms with van der Waals surface area (Å²) in [6, 6.07) is 18.9. The quantitative estimate of drug-likeness (QED) is 0.523. The van der Waals surface area contributed by atoms with E-state index in [1.807, 2.05) is 30.3 Å². The average Bonchev–Trinajstić information content (AvgIpc) is 2.75. The first kappa shape index (κ1) is 18.5. The number of hydrogen-bond donors (Lipinski definition) is 1. The van der Waals surface area contributed by atoms with Gasteiger partial charge >= 0.3 is 0 Å². The summed E-state index contributed by atoms with van der Waals surface area (Å²) < 4.78 is 33.4. The van der Waals surface area contributed by atoms with E-state index in [4.69, 9.17) is 4.74 Å². The van der Waals surface area contributed by atoms with Gasteiger partial charge in [0.25, 0.3) is 10.0 Å². The van der Waals surface area contributed by atoms with Crippen molar-refractivity contribution < 1.29 is 13.2 Å². The van der Waals surface area contributed by atoms with Crippen molar-refractivity contribution in [3.63, 3.8) is 0 Å². The maximum Gasteiger partial charge on any atom is 0.264 e. The zero-order chi connectivity index (χ0) is 20.1. The van der Waals surface area contributed by atoms with E-state index in [0.29, 0.717) is 11.4 Å². The van der Waals surface area contributed by atoms with E-state index in [1.165, 1.54) is 30.9 Å². The van der Waals surface area contributed by atoms with E-state index >= 15 is 0 Å². The van der Waals surface area contributed by atoms with Crippen LogP contribution in [0, 0.1) is 0 Å². The molecule has 0 radical (unpaired) electrons. The normalized spacial score (nSPS) is 11.0. The first-order chi connectivity index (χ1) is 14.1. The molecule has 4 rings (SSSR count). The van der Waals surface area contributed by atoms with Gasteiger partial charge in [-0.1, -0.05) is 48.5 Å². The van der Waals surface area contributed by atoms with Crippen LogP contribution >= 0.6 is 0 Å². The standard InChI is InChI=1S/C20H15N5O3S/c26-29(27,17-9-5-2-6-10-17)25-20-23-18(15-7-3-1-4-8-15)11-19(24-20)28-16-12-21-14-22-13-16/h1-14H,(H,23,24,25). The predicted molar refractivity (Wildman–Crippen MR) is 107 cm³/mol. The van der Waals surface area contributed by atoms with Crippen LogP contribution in [0.4, 0.5) is 5.95 Å². The predicted octanol–water partition coefficient (Wildman–Crippen LogP) is 3.53. The smallest absolute Gasteiger partial charge is 0.264 e. The number of nitrogens with zero attached hydrogens (tertiary/aromatic N) is 4. The van der Waals surface area contributed by atoms with Crippen LogP contribution in [-0.4, -0.2) is 28.4 Å². The lowest BCUT2D eigenvalue weighted by Crippen LogP contribution is -2.15. The molecule has 29 heavy (non-hydrogen) atoms. The summed E-state index contributed by atoms with van der Waals surface area (Å²) in [5, 5.41) is 0. The Kier molecular flexibility index (Phi) is 5.12. The minimum absolute atomic E-state index is 0.104. The van der Waals surface area contributed by atoms with Crippen LogP contribution in [0.3, 0.4) is 0 Å². The molecule has 2 aromatic heterocycles. The molecule has 0 aliphatic rings. The fraction of sp³-hybridized carbons (Fsp3) is 0. The third kappa shape index (κ3) is 4.53. The number of hydrogen-bond acceptors (Lipinski definition) is 7.